The van der Waals surface area contributed by atoms with E-state index in [1.165, 1.54) is 71.9 Å². The first-order chi connectivity index (χ1) is 31.8. The Hall–Kier alpha value is -8.40. The van der Waals surface area contributed by atoms with Gasteiger partial charge in [0.05, 0.1) is 16.4 Å². The van der Waals surface area contributed by atoms with Crippen LogP contribution in [-0.4, -0.2) is 4.57 Å². The van der Waals surface area contributed by atoms with E-state index in [4.69, 9.17) is 4.74 Å². The van der Waals surface area contributed by atoms with Crippen molar-refractivity contribution in [3.05, 3.63) is 265 Å². The van der Waals surface area contributed by atoms with Gasteiger partial charge in [-0.15, -0.1) is 0 Å². The van der Waals surface area contributed by atoms with Crippen molar-refractivity contribution in [1.82, 2.24) is 4.57 Å². The summed E-state index contributed by atoms with van der Waals surface area (Å²) in [5, 5.41) is 2.50. The van der Waals surface area contributed by atoms with Gasteiger partial charge >= 0.3 is 0 Å². The van der Waals surface area contributed by atoms with Gasteiger partial charge in [-0.1, -0.05) is 164 Å². The molecule has 0 unspecified atom stereocenters. The lowest BCUT2D eigenvalue weighted by atomic mass is 9.66. The van der Waals surface area contributed by atoms with Gasteiger partial charge in [-0.05, 0) is 123 Å². The molecule has 1 aliphatic heterocycles. The minimum atomic E-state index is -0.522. The second kappa shape index (κ2) is 14.3. The Morgan fingerprint density at radius 1 is 0.344 bits per heavy atom. The molecule has 3 heteroatoms. The summed E-state index contributed by atoms with van der Waals surface area (Å²) in [7, 11) is 0. The number of fused-ring (bicyclic) bond motifs is 12. The fraction of sp³-hybridized carbons (Fsp3) is 0.0164. The van der Waals surface area contributed by atoms with Gasteiger partial charge in [0.15, 0.2) is 0 Å². The average molecular weight is 817 g/mol. The fourth-order valence-electron chi connectivity index (χ4n) is 10.8. The predicted molar refractivity (Wildman–Crippen MR) is 264 cm³/mol. The largest absolute Gasteiger partial charge is 0.457 e. The van der Waals surface area contributed by atoms with Crippen molar-refractivity contribution in [3.63, 3.8) is 0 Å². The van der Waals surface area contributed by atoms with E-state index in [0.29, 0.717) is 0 Å². The second-order valence-corrected chi connectivity index (χ2v) is 16.8. The molecular weight excluding hydrogens is 777 g/mol. The van der Waals surface area contributed by atoms with Gasteiger partial charge < -0.3 is 14.2 Å². The van der Waals surface area contributed by atoms with Crippen LogP contribution in [0.2, 0.25) is 0 Å². The van der Waals surface area contributed by atoms with E-state index in [-0.39, 0.29) is 0 Å². The molecule has 11 aromatic rings. The quantitative estimate of drug-likeness (QED) is 0.166. The molecule has 0 amide bonds. The van der Waals surface area contributed by atoms with Crippen LogP contribution >= 0.6 is 0 Å². The highest BCUT2D eigenvalue weighted by Crippen LogP contribution is 2.63. The maximum Gasteiger partial charge on any atom is 0.132 e. The monoisotopic (exact) mass is 816 g/mol. The van der Waals surface area contributed by atoms with Crippen LogP contribution in [0, 0.1) is 0 Å². The number of rotatable bonds is 6. The molecule has 0 saturated heterocycles. The van der Waals surface area contributed by atoms with Crippen LogP contribution in [0.5, 0.6) is 11.5 Å². The standard InChI is InChI=1S/C61H40N2O/c1-3-18-44(19-4-1)62(46-36-33-41(34-37-46)42-35-38-57-51(40-42)49-23-8-12-30-56(49)63(57)45-20-5-2-6-21-45)47-22-15-17-43(39-47)48-25-16-29-55-60(48)50-24-7-9-26-52(50)61(55)53-27-10-13-31-58(53)64-59-32-14-11-28-54(59)61/h1-40H. The summed E-state index contributed by atoms with van der Waals surface area (Å²) in [6.07, 6.45) is 0. The zero-order chi connectivity index (χ0) is 42.2. The number of nitrogens with zero attached hydrogens (tertiary/aromatic N) is 2. The maximum atomic E-state index is 6.61. The van der Waals surface area contributed by atoms with E-state index in [1.54, 1.807) is 0 Å². The lowest BCUT2D eigenvalue weighted by Gasteiger charge is -2.39. The summed E-state index contributed by atoms with van der Waals surface area (Å²) >= 11 is 0. The molecule has 300 valence electrons. The highest BCUT2D eigenvalue weighted by molar-refractivity contribution is 6.10. The molecule has 0 atom stereocenters. The Bertz CT molecular complexity index is 3540. The number of anilines is 3. The highest BCUT2D eigenvalue weighted by Gasteiger charge is 2.51. The predicted octanol–water partition coefficient (Wildman–Crippen LogP) is 16.1. The Balaban J connectivity index is 0.927. The molecule has 2 aliphatic rings. The lowest BCUT2D eigenvalue weighted by molar-refractivity contribution is 0.436. The van der Waals surface area contributed by atoms with Gasteiger partial charge in [0.25, 0.3) is 0 Å². The molecule has 64 heavy (non-hydrogen) atoms. The first-order valence-electron chi connectivity index (χ1n) is 22.0. The molecule has 0 radical (unpaired) electrons. The van der Waals surface area contributed by atoms with Crippen LogP contribution in [0.3, 0.4) is 0 Å². The average Bonchev–Trinajstić information content (AvgIpc) is 3.86. The summed E-state index contributed by atoms with van der Waals surface area (Å²) in [4.78, 5) is 2.37. The van der Waals surface area contributed by atoms with Gasteiger partial charge in [0.1, 0.15) is 11.5 Å². The first kappa shape index (κ1) is 36.3. The van der Waals surface area contributed by atoms with Crippen molar-refractivity contribution in [2.24, 2.45) is 0 Å². The van der Waals surface area contributed by atoms with Crippen molar-refractivity contribution >= 4 is 38.9 Å². The van der Waals surface area contributed by atoms with Gasteiger partial charge in [-0.25, -0.2) is 0 Å². The Morgan fingerprint density at radius 3 is 1.69 bits per heavy atom. The molecule has 1 spiro atoms. The molecule has 13 rings (SSSR count). The van der Waals surface area contributed by atoms with E-state index in [0.717, 1.165) is 39.8 Å². The van der Waals surface area contributed by atoms with Crippen molar-refractivity contribution in [2.45, 2.75) is 5.41 Å². The van der Waals surface area contributed by atoms with Crippen molar-refractivity contribution < 1.29 is 4.74 Å². The number of ether oxygens (including phenoxy) is 1. The van der Waals surface area contributed by atoms with E-state index >= 15 is 0 Å². The van der Waals surface area contributed by atoms with Crippen LogP contribution < -0.4 is 9.64 Å². The number of hydrogen-bond acceptors (Lipinski definition) is 2. The van der Waals surface area contributed by atoms with Crippen molar-refractivity contribution in [2.75, 3.05) is 4.90 Å². The van der Waals surface area contributed by atoms with Gasteiger partial charge in [0, 0.05) is 44.6 Å². The third-order valence-corrected chi connectivity index (χ3v) is 13.4. The SMILES string of the molecule is c1ccc(N(c2ccc(-c3ccc4c(c3)c3ccccc3n4-c3ccccc3)cc2)c2cccc(-c3cccc4c3-c3ccccc3C43c4ccccc4Oc4ccccc43)c2)cc1. The minimum Gasteiger partial charge on any atom is -0.457 e. The molecule has 2 heterocycles. The minimum absolute atomic E-state index is 0.522. The Labute approximate surface area is 372 Å². The van der Waals surface area contributed by atoms with Gasteiger partial charge in [-0.2, -0.15) is 0 Å². The molecule has 10 aromatic carbocycles. The van der Waals surface area contributed by atoms with Crippen LogP contribution in [0.25, 0.3) is 60.9 Å². The van der Waals surface area contributed by atoms with Gasteiger partial charge in [0.2, 0.25) is 0 Å². The molecule has 3 nitrogen and oxygen atoms in total. The number of hydrogen-bond donors (Lipinski definition) is 0. The molecule has 1 aromatic heterocycles. The summed E-state index contributed by atoms with van der Waals surface area (Å²) in [5.41, 5.74) is 18.5. The summed E-state index contributed by atoms with van der Waals surface area (Å²) in [5.74, 6) is 1.80. The molecular formula is C61H40N2O. The van der Waals surface area contributed by atoms with Crippen LogP contribution in [0.4, 0.5) is 17.1 Å². The van der Waals surface area contributed by atoms with E-state index in [1.807, 2.05) is 0 Å². The zero-order valence-corrected chi connectivity index (χ0v) is 34.9. The molecule has 0 N–H and O–H groups in total. The summed E-state index contributed by atoms with van der Waals surface area (Å²) in [6.45, 7) is 0. The third-order valence-electron chi connectivity index (χ3n) is 13.4. The number of aromatic nitrogens is 1. The summed E-state index contributed by atoms with van der Waals surface area (Å²) in [6, 6.07) is 88.0. The lowest BCUT2D eigenvalue weighted by Crippen LogP contribution is -2.32. The van der Waals surface area contributed by atoms with Crippen molar-refractivity contribution in [3.8, 4) is 50.6 Å². The molecule has 0 saturated carbocycles. The maximum absolute atomic E-state index is 6.61. The topological polar surface area (TPSA) is 17.4 Å². The Morgan fingerprint density at radius 2 is 0.906 bits per heavy atom. The van der Waals surface area contributed by atoms with Crippen LogP contribution in [0.1, 0.15) is 22.3 Å². The number of para-hydroxylation sites is 5. The van der Waals surface area contributed by atoms with Crippen LogP contribution in [0.15, 0.2) is 243 Å². The van der Waals surface area contributed by atoms with Gasteiger partial charge in [-0.3, -0.25) is 0 Å². The third kappa shape index (κ3) is 5.34. The van der Waals surface area contributed by atoms with Crippen LogP contribution in [-0.2, 0) is 5.41 Å². The first-order valence-corrected chi connectivity index (χ1v) is 22.0. The van der Waals surface area contributed by atoms with Crippen molar-refractivity contribution in [1.29, 1.82) is 0 Å². The molecule has 0 fully saturated rings. The second-order valence-electron chi connectivity index (χ2n) is 16.8. The highest BCUT2D eigenvalue weighted by atomic mass is 16.5. The summed E-state index contributed by atoms with van der Waals surface area (Å²) < 4.78 is 8.98. The molecule has 1 aliphatic carbocycles. The normalized spacial score (nSPS) is 12.9. The zero-order valence-electron chi connectivity index (χ0n) is 34.9. The number of benzene rings is 10. The molecule has 0 bridgehead atoms. The fourth-order valence-corrected chi connectivity index (χ4v) is 10.8. The Kier molecular flexibility index (Phi) is 8.13. The van der Waals surface area contributed by atoms with E-state index < -0.39 is 5.41 Å². The smallest absolute Gasteiger partial charge is 0.132 e. The van der Waals surface area contributed by atoms with E-state index in [9.17, 15) is 0 Å². The van der Waals surface area contributed by atoms with E-state index in [2.05, 4.69) is 252 Å².